The van der Waals surface area contributed by atoms with Gasteiger partial charge in [0, 0.05) is 5.56 Å². The molecule has 1 atom stereocenters. The van der Waals surface area contributed by atoms with Gasteiger partial charge in [-0.15, -0.1) is 0 Å². The lowest BCUT2D eigenvalue weighted by Crippen LogP contribution is -2.42. The van der Waals surface area contributed by atoms with Crippen molar-refractivity contribution in [3.05, 3.63) is 34.6 Å². The van der Waals surface area contributed by atoms with Crippen LogP contribution in [0.3, 0.4) is 0 Å². The Morgan fingerprint density at radius 2 is 2.10 bits per heavy atom. The van der Waals surface area contributed by atoms with Crippen LogP contribution in [0, 0.1) is 5.82 Å². The summed E-state index contributed by atoms with van der Waals surface area (Å²) >= 11 is 5.47. The molecule has 0 heterocycles. The number of benzene rings is 1. The lowest BCUT2D eigenvalue weighted by atomic mass is 10.1. The minimum atomic E-state index is -1.46. The number of hydrogen-bond donors (Lipinski definition) is 2. The predicted molar refractivity (Wildman–Crippen MR) is 66.9 cm³/mol. The second-order valence-electron chi connectivity index (χ2n) is 3.77. The summed E-state index contributed by atoms with van der Waals surface area (Å²) in [5.41, 5.74) is -0.108. The van der Waals surface area contributed by atoms with Gasteiger partial charge < -0.3 is 15.2 Å². The molecule has 108 valence electrons. The third kappa shape index (κ3) is 4.20. The van der Waals surface area contributed by atoms with Gasteiger partial charge in [0.05, 0.1) is 18.6 Å². The van der Waals surface area contributed by atoms with Crippen molar-refractivity contribution in [3.63, 3.8) is 0 Å². The van der Waals surface area contributed by atoms with Crippen LogP contribution < -0.4 is 5.32 Å². The first kappa shape index (κ1) is 15.9. The highest BCUT2D eigenvalue weighted by Crippen LogP contribution is 2.15. The smallest absolute Gasteiger partial charge is 0.326 e. The standard InChI is InChI=1S/C12H11ClFNO5/c1-20-10(16)5-9(12(18)19)15-11(17)6-2-3-7(13)8(14)4-6/h2-4,9H,5H2,1H3,(H,15,17)(H,18,19)/t9-/m0/s1. The van der Waals surface area contributed by atoms with Crippen molar-refractivity contribution < 1.29 is 28.6 Å². The fraction of sp³-hybridized carbons (Fsp3) is 0.250. The van der Waals surface area contributed by atoms with E-state index in [1.54, 1.807) is 0 Å². The number of hydrogen-bond acceptors (Lipinski definition) is 4. The van der Waals surface area contributed by atoms with Gasteiger partial charge >= 0.3 is 11.9 Å². The van der Waals surface area contributed by atoms with Gasteiger partial charge in [-0.3, -0.25) is 9.59 Å². The molecule has 0 radical (unpaired) electrons. The number of nitrogens with one attached hydrogen (secondary N) is 1. The van der Waals surface area contributed by atoms with Gasteiger partial charge in [-0.25, -0.2) is 9.18 Å². The molecule has 0 saturated heterocycles. The molecule has 0 saturated carbocycles. The highest BCUT2D eigenvalue weighted by molar-refractivity contribution is 6.30. The Bertz CT molecular complexity index is 549. The number of carboxylic acids is 1. The second-order valence-corrected chi connectivity index (χ2v) is 4.18. The first-order chi connectivity index (χ1) is 9.35. The Kier molecular flexibility index (Phi) is 5.45. The molecule has 0 aliphatic rings. The lowest BCUT2D eigenvalue weighted by Gasteiger charge is -2.13. The maximum atomic E-state index is 13.2. The van der Waals surface area contributed by atoms with E-state index in [4.69, 9.17) is 16.7 Å². The van der Waals surface area contributed by atoms with Crippen LogP contribution in [0.25, 0.3) is 0 Å². The molecule has 1 aromatic carbocycles. The summed E-state index contributed by atoms with van der Waals surface area (Å²) in [7, 11) is 1.09. The van der Waals surface area contributed by atoms with Crippen LogP contribution in [0.5, 0.6) is 0 Å². The van der Waals surface area contributed by atoms with Crippen LogP contribution in [0.15, 0.2) is 18.2 Å². The summed E-state index contributed by atoms with van der Waals surface area (Å²) in [6, 6.07) is 1.81. The number of carbonyl (C=O) groups excluding carboxylic acids is 2. The lowest BCUT2D eigenvalue weighted by molar-refractivity contribution is -0.147. The van der Waals surface area contributed by atoms with Crippen molar-refractivity contribution in [3.8, 4) is 0 Å². The maximum Gasteiger partial charge on any atom is 0.326 e. The van der Waals surface area contributed by atoms with E-state index < -0.39 is 36.1 Å². The Labute approximate surface area is 118 Å². The molecule has 2 N–H and O–H groups in total. The molecule has 1 aromatic rings. The van der Waals surface area contributed by atoms with E-state index in [-0.39, 0.29) is 10.6 Å². The summed E-state index contributed by atoms with van der Waals surface area (Å²) in [5, 5.41) is 10.8. The molecule has 0 unspecified atom stereocenters. The SMILES string of the molecule is COC(=O)C[C@H](NC(=O)c1ccc(Cl)c(F)c1)C(=O)O. The van der Waals surface area contributed by atoms with Crippen LogP contribution in [0.1, 0.15) is 16.8 Å². The fourth-order valence-corrected chi connectivity index (χ4v) is 1.45. The topological polar surface area (TPSA) is 92.7 Å². The van der Waals surface area contributed by atoms with Crippen LogP contribution in [0.4, 0.5) is 4.39 Å². The molecule has 0 fully saturated rings. The van der Waals surface area contributed by atoms with Crippen molar-refractivity contribution in [2.24, 2.45) is 0 Å². The van der Waals surface area contributed by atoms with E-state index in [0.29, 0.717) is 0 Å². The molecule has 20 heavy (non-hydrogen) atoms. The normalized spacial score (nSPS) is 11.6. The average molecular weight is 304 g/mol. The van der Waals surface area contributed by atoms with Crippen LogP contribution in [-0.4, -0.2) is 36.1 Å². The van der Waals surface area contributed by atoms with E-state index in [1.807, 2.05) is 0 Å². The third-order valence-corrected chi connectivity index (χ3v) is 2.69. The Morgan fingerprint density at radius 1 is 1.45 bits per heavy atom. The number of carbonyl (C=O) groups is 3. The molecule has 0 spiro atoms. The minimum absolute atomic E-state index is 0.108. The van der Waals surface area contributed by atoms with Gasteiger partial charge in [-0.1, -0.05) is 11.6 Å². The number of rotatable bonds is 5. The number of halogens is 2. The summed E-state index contributed by atoms with van der Waals surface area (Å²) in [6.07, 6.45) is -0.534. The van der Waals surface area contributed by atoms with E-state index in [9.17, 15) is 18.8 Å². The van der Waals surface area contributed by atoms with Crippen molar-refractivity contribution in [2.45, 2.75) is 12.5 Å². The Balaban J connectivity index is 2.82. The Hall–Kier alpha value is -2.15. The summed E-state index contributed by atoms with van der Waals surface area (Å²) < 4.78 is 17.5. The molecule has 8 heteroatoms. The monoisotopic (exact) mass is 303 g/mol. The van der Waals surface area contributed by atoms with Crippen molar-refractivity contribution >= 4 is 29.4 Å². The Morgan fingerprint density at radius 3 is 2.60 bits per heavy atom. The largest absolute Gasteiger partial charge is 0.480 e. The fourth-order valence-electron chi connectivity index (χ4n) is 1.33. The average Bonchev–Trinajstić information content (AvgIpc) is 2.40. The van der Waals surface area contributed by atoms with E-state index in [0.717, 1.165) is 13.2 Å². The number of ether oxygens (including phenoxy) is 1. The van der Waals surface area contributed by atoms with Gasteiger partial charge in [-0.2, -0.15) is 0 Å². The number of carboxylic acid groups (broad SMARTS) is 1. The van der Waals surface area contributed by atoms with Gasteiger partial charge in [0.1, 0.15) is 11.9 Å². The number of aliphatic carboxylic acids is 1. The van der Waals surface area contributed by atoms with E-state index in [1.165, 1.54) is 12.1 Å². The van der Waals surface area contributed by atoms with E-state index in [2.05, 4.69) is 10.1 Å². The highest BCUT2D eigenvalue weighted by atomic mass is 35.5. The van der Waals surface area contributed by atoms with Crippen LogP contribution >= 0.6 is 11.6 Å². The zero-order chi connectivity index (χ0) is 15.3. The summed E-state index contributed by atoms with van der Waals surface area (Å²) in [5.74, 6) is -3.84. The van der Waals surface area contributed by atoms with Gasteiger partial charge in [0.15, 0.2) is 0 Å². The van der Waals surface area contributed by atoms with Crippen LogP contribution in [0.2, 0.25) is 5.02 Å². The zero-order valence-corrected chi connectivity index (χ0v) is 11.1. The van der Waals surface area contributed by atoms with E-state index >= 15 is 0 Å². The van der Waals surface area contributed by atoms with Crippen molar-refractivity contribution in [2.75, 3.05) is 7.11 Å². The van der Waals surface area contributed by atoms with Gasteiger partial charge in [-0.05, 0) is 18.2 Å². The second kappa shape index (κ2) is 6.85. The molecular weight excluding hydrogens is 293 g/mol. The highest BCUT2D eigenvalue weighted by Gasteiger charge is 2.24. The number of esters is 1. The number of methoxy groups -OCH3 is 1. The third-order valence-electron chi connectivity index (χ3n) is 2.38. The zero-order valence-electron chi connectivity index (χ0n) is 10.4. The molecule has 6 nitrogen and oxygen atoms in total. The minimum Gasteiger partial charge on any atom is -0.480 e. The molecule has 0 aromatic heterocycles. The number of amides is 1. The molecular formula is C12H11ClFNO5. The first-order valence-corrected chi connectivity index (χ1v) is 5.78. The quantitative estimate of drug-likeness (QED) is 0.798. The van der Waals surface area contributed by atoms with Gasteiger partial charge in [0.25, 0.3) is 5.91 Å². The van der Waals surface area contributed by atoms with Crippen LogP contribution in [-0.2, 0) is 14.3 Å². The van der Waals surface area contributed by atoms with Gasteiger partial charge in [0.2, 0.25) is 0 Å². The first-order valence-electron chi connectivity index (χ1n) is 5.40. The molecule has 0 aliphatic heterocycles. The summed E-state index contributed by atoms with van der Waals surface area (Å²) in [6.45, 7) is 0. The molecule has 1 rings (SSSR count). The summed E-state index contributed by atoms with van der Waals surface area (Å²) in [4.78, 5) is 33.7. The van der Waals surface area contributed by atoms with Crippen molar-refractivity contribution in [1.82, 2.24) is 5.32 Å². The molecule has 0 bridgehead atoms. The predicted octanol–water partition coefficient (Wildman–Crippen LogP) is 1.23. The van der Waals surface area contributed by atoms with Crippen molar-refractivity contribution in [1.29, 1.82) is 0 Å². The molecule has 0 aliphatic carbocycles. The maximum absolute atomic E-state index is 13.2. The molecule has 1 amide bonds.